The molecule has 0 saturated carbocycles. The zero-order chi connectivity index (χ0) is 13.8. The molecule has 1 aliphatic rings. The minimum absolute atomic E-state index is 0.249. The quantitative estimate of drug-likeness (QED) is 0.779. The van der Waals surface area contributed by atoms with Crippen LogP contribution in [0, 0.1) is 6.92 Å². The third-order valence-corrected chi connectivity index (χ3v) is 3.79. The summed E-state index contributed by atoms with van der Waals surface area (Å²) in [6.07, 6.45) is 2.60. The van der Waals surface area contributed by atoms with E-state index in [1.165, 1.54) is 25.9 Å². The lowest BCUT2D eigenvalue weighted by Crippen LogP contribution is -2.25. The molecule has 2 heterocycles. The van der Waals surface area contributed by atoms with E-state index in [1.54, 1.807) is 0 Å². The Morgan fingerprint density at radius 3 is 2.58 bits per heavy atom. The van der Waals surface area contributed by atoms with E-state index in [9.17, 15) is 0 Å². The predicted molar refractivity (Wildman–Crippen MR) is 77.0 cm³/mol. The fourth-order valence-electron chi connectivity index (χ4n) is 2.16. The highest BCUT2D eigenvalue weighted by Gasteiger charge is 2.14. The van der Waals surface area contributed by atoms with Gasteiger partial charge in [0.15, 0.2) is 0 Å². The van der Waals surface area contributed by atoms with Crippen LogP contribution in [-0.4, -0.2) is 41.1 Å². The fraction of sp³-hybridized carbons (Fsp3) is 0.714. The number of likely N-dealkylation sites (tertiary alicyclic amines) is 1. The van der Waals surface area contributed by atoms with Gasteiger partial charge in [0.25, 0.3) is 0 Å². The molecule has 1 saturated heterocycles. The van der Waals surface area contributed by atoms with Crippen LogP contribution in [0.1, 0.15) is 44.0 Å². The molecule has 0 radical (unpaired) electrons. The van der Waals surface area contributed by atoms with Crippen molar-refractivity contribution in [2.24, 2.45) is 0 Å². The van der Waals surface area contributed by atoms with Gasteiger partial charge in [0, 0.05) is 18.0 Å². The van der Waals surface area contributed by atoms with Crippen molar-refractivity contribution in [2.45, 2.75) is 39.5 Å². The van der Waals surface area contributed by atoms with Gasteiger partial charge in [0.1, 0.15) is 17.6 Å². The molecule has 1 aliphatic heterocycles. The van der Waals surface area contributed by atoms with E-state index < -0.39 is 0 Å². The summed E-state index contributed by atoms with van der Waals surface area (Å²) in [5.41, 5.74) is 0.826. The summed E-state index contributed by atoms with van der Waals surface area (Å²) in [5, 5.41) is 0.495. The number of hydrogen-bond acceptors (Lipinski definition) is 4. The zero-order valence-electron chi connectivity index (χ0n) is 11.9. The number of hydrogen-bond donors (Lipinski definition) is 0. The van der Waals surface area contributed by atoms with E-state index >= 15 is 0 Å². The van der Waals surface area contributed by atoms with E-state index in [-0.39, 0.29) is 5.92 Å². The second-order valence-corrected chi connectivity index (χ2v) is 5.71. The summed E-state index contributed by atoms with van der Waals surface area (Å²) in [6.45, 7) is 9.99. The molecule has 0 spiro atoms. The molecule has 1 fully saturated rings. The molecule has 106 valence electrons. The largest absolute Gasteiger partial charge is 0.476 e. The standard InChI is InChI=1S/C14H22ClN3O/c1-10(2)13-16-12(15)11(3)14(17-13)19-9-8-18-6-4-5-7-18/h10H,4-9H2,1-3H3. The van der Waals surface area contributed by atoms with Gasteiger partial charge in [-0.05, 0) is 32.9 Å². The van der Waals surface area contributed by atoms with Crippen molar-refractivity contribution in [1.82, 2.24) is 14.9 Å². The first-order valence-corrected chi connectivity index (χ1v) is 7.35. The lowest BCUT2D eigenvalue weighted by Gasteiger charge is -2.16. The first kappa shape index (κ1) is 14.5. The van der Waals surface area contributed by atoms with Gasteiger partial charge in [-0.2, -0.15) is 4.98 Å². The Morgan fingerprint density at radius 2 is 1.95 bits per heavy atom. The smallest absolute Gasteiger partial charge is 0.221 e. The predicted octanol–water partition coefficient (Wildman–Crippen LogP) is 3.04. The second kappa shape index (κ2) is 6.53. The molecular weight excluding hydrogens is 262 g/mol. The van der Waals surface area contributed by atoms with Crippen LogP contribution in [0.3, 0.4) is 0 Å². The third kappa shape index (κ3) is 3.80. The first-order valence-electron chi connectivity index (χ1n) is 6.97. The fourth-order valence-corrected chi connectivity index (χ4v) is 2.33. The third-order valence-electron chi connectivity index (χ3n) is 3.42. The van der Waals surface area contributed by atoms with E-state index in [0.29, 0.717) is 17.6 Å². The van der Waals surface area contributed by atoms with Gasteiger partial charge in [-0.3, -0.25) is 4.90 Å². The Labute approximate surface area is 120 Å². The van der Waals surface area contributed by atoms with Crippen LogP contribution in [0.25, 0.3) is 0 Å². The summed E-state index contributed by atoms with van der Waals surface area (Å²) < 4.78 is 5.79. The van der Waals surface area contributed by atoms with Crippen LogP contribution in [-0.2, 0) is 0 Å². The molecule has 1 aromatic rings. The van der Waals surface area contributed by atoms with Gasteiger partial charge in [-0.25, -0.2) is 4.98 Å². The van der Waals surface area contributed by atoms with Gasteiger partial charge in [-0.15, -0.1) is 0 Å². The molecule has 0 aliphatic carbocycles. The normalized spacial score (nSPS) is 16.3. The van der Waals surface area contributed by atoms with Crippen molar-refractivity contribution in [3.8, 4) is 5.88 Å². The van der Waals surface area contributed by atoms with Crippen molar-refractivity contribution in [3.05, 3.63) is 16.5 Å². The van der Waals surface area contributed by atoms with Gasteiger partial charge in [0.05, 0.1) is 0 Å². The molecule has 0 bridgehead atoms. The minimum atomic E-state index is 0.249. The lowest BCUT2D eigenvalue weighted by molar-refractivity contribution is 0.230. The molecule has 0 N–H and O–H groups in total. The second-order valence-electron chi connectivity index (χ2n) is 5.35. The van der Waals surface area contributed by atoms with E-state index in [2.05, 4.69) is 28.7 Å². The molecule has 0 aromatic carbocycles. The molecular formula is C14H22ClN3O. The summed E-state index contributed by atoms with van der Waals surface area (Å²) >= 11 is 6.13. The van der Waals surface area contributed by atoms with Crippen LogP contribution in [0.2, 0.25) is 5.15 Å². The highest BCUT2D eigenvalue weighted by molar-refractivity contribution is 6.30. The van der Waals surface area contributed by atoms with Crippen molar-refractivity contribution in [1.29, 1.82) is 0 Å². The topological polar surface area (TPSA) is 38.3 Å². The molecule has 2 rings (SSSR count). The van der Waals surface area contributed by atoms with Gasteiger partial charge in [0.2, 0.25) is 5.88 Å². The average Bonchev–Trinajstić information content (AvgIpc) is 2.87. The molecule has 0 amide bonds. The van der Waals surface area contributed by atoms with Gasteiger partial charge in [-0.1, -0.05) is 25.4 Å². The number of nitrogens with zero attached hydrogens (tertiary/aromatic N) is 3. The highest BCUT2D eigenvalue weighted by atomic mass is 35.5. The lowest BCUT2D eigenvalue weighted by atomic mass is 10.2. The number of halogens is 1. The SMILES string of the molecule is Cc1c(Cl)nc(C(C)C)nc1OCCN1CCCC1. The van der Waals surface area contributed by atoms with Gasteiger partial charge < -0.3 is 4.74 Å². The van der Waals surface area contributed by atoms with Crippen LogP contribution in [0.15, 0.2) is 0 Å². The minimum Gasteiger partial charge on any atom is -0.476 e. The maximum absolute atomic E-state index is 6.13. The number of aromatic nitrogens is 2. The van der Waals surface area contributed by atoms with Crippen LogP contribution in [0.4, 0.5) is 0 Å². The summed E-state index contributed by atoms with van der Waals surface area (Å²) in [4.78, 5) is 11.2. The van der Waals surface area contributed by atoms with Crippen molar-refractivity contribution in [3.63, 3.8) is 0 Å². The van der Waals surface area contributed by atoms with Gasteiger partial charge >= 0.3 is 0 Å². The van der Waals surface area contributed by atoms with Crippen LogP contribution < -0.4 is 4.74 Å². The Bertz CT molecular complexity index is 431. The number of rotatable bonds is 5. The van der Waals surface area contributed by atoms with E-state index in [0.717, 1.165) is 17.9 Å². The van der Waals surface area contributed by atoms with E-state index in [4.69, 9.17) is 16.3 Å². The molecule has 0 atom stereocenters. The molecule has 0 unspecified atom stereocenters. The maximum atomic E-state index is 6.13. The Balaban J connectivity index is 1.98. The van der Waals surface area contributed by atoms with E-state index in [1.807, 2.05) is 6.92 Å². The Hall–Kier alpha value is -0.870. The molecule has 19 heavy (non-hydrogen) atoms. The Morgan fingerprint density at radius 1 is 1.26 bits per heavy atom. The van der Waals surface area contributed by atoms with Crippen molar-refractivity contribution < 1.29 is 4.74 Å². The molecule has 1 aromatic heterocycles. The number of ether oxygens (including phenoxy) is 1. The Kier molecular flexibility index (Phi) is 4.99. The van der Waals surface area contributed by atoms with Crippen LogP contribution >= 0.6 is 11.6 Å². The van der Waals surface area contributed by atoms with Crippen LogP contribution in [0.5, 0.6) is 5.88 Å². The monoisotopic (exact) mass is 283 g/mol. The van der Waals surface area contributed by atoms with Crippen molar-refractivity contribution in [2.75, 3.05) is 26.2 Å². The summed E-state index contributed by atoms with van der Waals surface area (Å²) in [6, 6.07) is 0. The maximum Gasteiger partial charge on any atom is 0.221 e. The summed E-state index contributed by atoms with van der Waals surface area (Å²) in [5.74, 6) is 1.62. The summed E-state index contributed by atoms with van der Waals surface area (Å²) in [7, 11) is 0. The first-order chi connectivity index (χ1) is 9.08. The average molecular weight is 284 g/mol. The van der Waals surface area contributed by atoms with Crippen molar-refractivity contribution >= 4 is 11.6 Å². The zero-order valence-corrected chi connectivity index (χ0v) is 12.7. The molecule has 5 heteroatoms. The molecule has 4 nitrogen and oxygen atoms in total. The highest BCUT2D eigenvalue weighted by Crippen LogP contribution is 2.24.